The lowest BCUT2D eigenvalue weighted by atomic mass is 9.95. The van der Waals surface area contributed by atoms with E-state index in [4.69, 9.17) is 9.47 Å². The molecule has 3 heteroatoms. The lowest BCUT2D eigenvalue weighted by molar-refractivity contribution is -0.109. The summed E-state index contributed by atoms with van der Waals surface area (Å²) in [7, 11) is 0. The van der Waals surface area contributed by atoms with Gasteiger partial charge in [0.1, 0.15) is 5.75 Å². The fourth-order valence-corrected chi connectivity index (χ4v) is 3.28. The summed E-state index contributed by atoms with van der Waals surface area (Å²) < 4.78 is 12.3. The molecular weight excluding hydrogens is 324 g/mol. The van der Waals surface area contributed by atoms with Crippen molar-refractivity contribution in [3.63, 3.8) is 0 Å². The van der Waals surface area contributed by atoms with Gasteiger partial charge in [-0.05, 0) is 30.2 Å². The van der Waals surface area contributed by atoms with Crippen LogP contribution in [0.2, 0.25) is 0 Å². The van der Waals surface area contributed by atoms with Crippen LogP contribution in [0.25, 0.3) is 0 Å². The van der Waals surface area contributed by atoms with Crippen molar-refractivity contribution in [3.05, 3.63) is 114 Å². The van der Waals surface area contributed by atoms with Crippen molar-refractivity contribution in [2.75, 3.05) is 0 Å². The fraction of sp³-hybridized carbons (Fsp3) is 0.0870. The van der Waals surface area contributed by atoms with Crippen LogP contribution in [0.3, 0.4) is 0 Å². The van der Waals surface area contributed by atoms with Crippen molar-refractivity contribution in [2.45, 2.75) is 12.2 Å². The molecule has 3 aromatic rings. The molecule has 1 heterocycles. The van der Waals surface area contributed by atoms with Crippen molar-refractivity contribution in [1.29, 1.82) is 0 Å². The van der Waals surface area contributed by atoms with E-state index in [1.807, 2.05) is 78.9 Å². The summed E-state index contributed by atoms with van der Waals surface area (Å²) in [5.74, 6) is -1.02. The van der Waals surface area contributed by atoms with Crippen molar-refractivity contribution in [1.82, 2.24) is 0 Å². The quantitative estimate of drug-likeness (QED) is 0.490. The first-order valence-electron chi connectivity index (χ1n) is 8.51. The number of benzene rings is 3. The summed E-state index contributed by atoms with van der Waals surface area (Å²) in [5.41, 5.74) is 2.99. The van der Waals surface area contributed by atoms with E-state index in [0.29, 0.717) is 23.3 Å². The van der Waals surface area contributed by atoms with E-state index in [1.165, 1.54) is 0 Å². The highest BCUT2D eigenvalue weighted by Gasteiger charge is 2.49. The number of ether oxygens (including phenoxy) is 2. The van der Waals surface area contributed by atoms with Crippen LogP contribution in [-0.2, 0) is 16.9 Å². The number of carbonyl (C=O) groups is 1. The maximum atomic E-state index is 12.5. The average molecular weight is 342 g/mol. The Balaban J connectivity index is 1.90. The molecule has 0 bridgehead atoms. The first kappa shape index (κ1) is 16.2. The molecule has 4 rings (SSSR count). The second-order valence-electron chi connectivity index (χ2n) is 6.12. The normalized spacial score (nSPS) is 18.1. The maximum absolute atomic E-state index is 12.5. The van der Waals surface area contributed by atoms with Crippen LogP contribution < -0.4 is 4.74 Å². The molecule has 0 amide bonds. The third-order valence-electron chi connectivity index (χ3n) is 4.48. The smallest absolute Gasteiger partial charge is 0.342 e. The highest BCUT2D eigenvalue weighted by molar-refractivity contribution is 5.95. The van der Waals surface area contributed by atoms with Gasteiger partial charge in [-0.2, -0.15) is 0 Å². The van der Waals surface area contributed by atoms with E-state index in [1.54, 1.807) is 6.07 Å². The Morgan fingerprint density at radius 1 is 0.923 bits per heavy atom. The van der Waals surface area contributed by atoms with Crippen LogP contribution in [0.5, 0.6) is 5.75 Å². The number of para-hydroxylation sites is 1. The zero-order valence-electron chi connectivity index (χ0n) is 14.2. The van der Waals surface area contributed by atoms with Gasteiger partial charge >= 0.3 is 11.8 Å². The zero-order chi connectivity index (χ0) is 18.0. The number of hydrogen-bond acceptors (Lipinski definition) is 3. The molecule has 26 heavy (non-hydrogen) atoms. The lowest BCUT2D eigenvalue weighted by Gasteiger charge is -2.30. The number of allylic oxidation sites excluding steroid dienone is 1. The van der Waals surface area contributed by atoms with Gasteiger partial charge in [0, 0.05) is 5.56 Å². The number of carbonyl (C=O) groups excluding carboxylic acids is 1. The molecule has 1 aliphatic rings. The Kier molecular flexibility index (Phi) is 4.05. The SMILES string of the molecule is C=CCc1ccccc1O[C@@]1(c2ccccc2)OC(=O)c2ccccc21. The van der Waals surface area contributed by atoms with E-state index in [0.717, 1.165) is 11.1 Å². The predicted octanol–water partition coefficient (Wildman–Crippen LogP) is 4.87. The van der Waals surface area contributed by atoms with Crippen LogP contribution in [0.4, 0.5) is 0 Å². The Morgan fingerprint density at radius 3 is 2.42 bits per heavy atom. The first-order valence-corrected chi connectivity index (χ1v) is 8.51. The highest BCUT2D eigenvalue weighted by Crippen LogP contribution is 2.44. The minimum Gasteiger partial charge on any atom is -0.444 e. The number of rotatable bonds is 5. The monoisotopic (exact) mass is 342 g/mol. The van der Waals surface area contributed by atoms with E-state index >= 15 is 0 Å². The molecule has 0 saturated heterocycles. The van der Waals surface area contributed by atoms with Gasteiger partial charge in [0.15, 0.2) is 0 Å². The van der Waals surface area contributed by atoms with Gasteiger partial charge in [-0.1, -0.05) is 66.7 Å². The Hall–Kier alpha value is -3.33. The van der Waals surface area contributed by atoms with Gasteiger partial charge in [-0.25, -0.2) is 4.79 Å². The number of cyclic esters (lactones) is 1. The summed E-state index contributed by atoms with van der Waals surface area (Å²) in [6.07, 6.45) is 2.49. The van der Waals surface area contributed by atoms with E-state index in [9.17, 15) is 4.79 Å². The van der Waals surface area contributed by atoms with Crippen LogP contribution in [0, 0.1) is 0 Å². The number of fused-ring (bicyclic) bond motifs is 1. The van der Waals surface area contributed by atoms with Crippen molar-refractivity contribution in [2.24, 2.45) is 0 Å². The van der Waals surface area contributed by atoms with Gasteiger partial charge in [0.25, 0.3) is 0 Å². The number of esters is 1. The van der Waals surface area contributed by atoms with E-state index in [-0.39, 0.29) is 5.97 Å². The van der Waals surface area contributed by atoms with Crippen molar-refractivity contribution < 1.29 is 14.3 Å². The summed E-state index contributed by atoms with van der Waals surface area (Å²) in [6, 6.07) is 24.6. The van der Waals surface area contributed by atoms with Crippen molar-refractivity contribution >= 4 is 5.97 Å². The van der Waals surface area contributed by atoms with Crippen LogP contribution >= 0.6 is 0 Å². The molecule has 3 nitrogen and oxygen atoms in total. The lowest BCUT2D eigenvalue weighted by Crippen LogP contribution is -2.35. The average Bonchev–Trinajstić information content (AvgIpc) is 2.98. The molecule has 3 aromatic carbocycles. The molecule has 1 atom stereocenters. The topological polar surface area (TPSA) is 35.5 Å². The van der Waals surface area contributed by atoms with Gasteiger partial charge < -0.3 is 9.47 Å². The number of hydrogen-bond donors (Lipinski definition) is 0. The highest BCUT2D eigenvalue weighted by atomic mass is 16.7. The molecule has 0 unspecified atom stereocenters. The van der Waals surface area contributed by atoms with Gasteiger partial charge in [-0.15, -0.1) is 6.58 Å². The molecular formula is C23H18O3. The van der Waals surface area contributed by atoms with E-state index in [2.05, 4.69) is 6.58 Å². The molecule has 0 radical (unpaired) electrons. The standard InChI is InChI=1S/C23H18O3/c1-2-10-17-11-6-9-16-21(17)25-23(18-12-4-3-5-13-18)20-15-8-7-14-19(20)22(24)26-23/h2-9,11-16H,1,10H2/t23-/m0/s1. The second-order valence-corrected chi connectivity index (χ2v) is 6.12. The fourth-order valence-electron chi connectivity index (χ4n) is 3.28. The minimum absolute atomic E-state index is 0.384. The molecule has 0 saturated carbocycles. The van der Waals surface area contributed by atoms with Crippen LogP contribution in [-0.4, -0.2) is 5.97 Å². The summed E-state index contributed by atoms with van der Waals surface area (Å²) in [6.45, 7) is 3.81. The third kappa shape index (κ3) is 2.58. The molecule has 0 fully saturated rings. The minimum atomic E-state index is -1.30. The summed E-state index contributed by atoms with van der Waals surface area (Å²) in [4.78, 5) is 12.5. The Labute approximate surface area is 152 Å². The molecule has 0 N–H and O–H groups in total. The van der Waals surface area contributed by atoms with Crippen LogP contribution in [0.1, 0.15) is 27.0 Å². The molecule has 0 spiro atoms. The largest absolute Gasteiger partial charge is 0.444 e. The zero-order valence-corrected chi connectivity index (χ0v) is 14.2. The molecule has 0 aliphatic carbocycles. The van der Waals surface area contributed by atoms with Crippen molar-refractivity contribution in [3.8, 4) is 5.75 Å². The van der Waals surface area contributed by atoms with Gasteiger partial charge in [-0.3, -0.25) is 0 Å². The molecule has 0 aromatic heterocycles. The van der Waals surface area contributed by atoms with Gasteiger partial charge in [0.05, 0.1) is 11.1 Å². The third-order valence-corrected chi connectivity index (χ3v) is 4.48. The predicted molar refractivity (Wildman–Crippen MR) is 100 cm³/mol. The van der Waals surface area contributed by atoms with Crippen LogP contribution in [0.15, 0.2) is 91.5 Å². The summed E-state index contributed by atoms with van der Waals surface area (Å²) >= 11 is 0. The first-order chi connectivity index (χ1) is 12.7. The summed E-state index contributed by atoms with van der Waals surface area (Å²) in [5, 5.41) is 0. The Morgan fingerprint density at radius 2 is 1.62 bits per heavy atom. The van der Waals surface area contributed by atoms with Gasteiger partial charge in [0.2, 0.25) is 0 Å². The Bertz CT molecular complexity index is 962. The second kappa shape index (κ2) is 6.52. The molecule has 128 valence electrons. The molecule has 1 aliphatic heterocycles. The maximum Gasteiger partial charge on any atom is 0.342 e. The van der Waals surface area contributed by atoms with E-state index < -0.39 is 5.79 Å².